The lowest BCUT2D eigenvalue weighted by atomic mass is 9.91. The summed E-state index contributed by atoms with van der Waals surface area (Å²) in [6, 6.07) is 0. The number of rotatable bonds is 2. The van der Waals surface area contributed by atoms with E-state index in [1.807, 2.05) is 20.8 Å². The van der Waals surface area contributed by atoms with Crippen molar-refractivity contribution in [3.8, 4) is 0 Å². The summed E-state index contributed by atoms with van der Waals surface area (Å²) in [6.07, 6.45) is 0.173. The standard InChI is InChI=1S/C9H19NO/c1-7(2)11-10-8(3)9(4,5)6/h7H,1-6H3/b10-8-. The molecule has 0 saturated heterocycles. The largest absolute Gasteiger partial charge is 0.393 e. The first-order chi connectivity index (χ1) is 4.84. The topological polar surface area (TPSA) is 21.6 Å². The SMILES string of the molecule is C/C(=N/OC(C)C)C(C)(C)C. The fourth-order valence-electron chi connectivity index (χ4n) is 0.321. The number of hydrogen-bond acceptors (Lipinski definition) is 2. The van der Waals surface area contributed by atoms with Crippen LogP contribution in [-0.2, 0) is 4.84 Å². The van der Waals surface area contributed by atoms with Gasteiger partial charge in [-0.05, 0) is 20.8 Å². The Morgan fingerprint density at radius 1 is 1.27 bits per heavy atom. The highest BCUT2D eigenvalue weighted by atomic mass is 16.6. The van der Waals surface area contributed by atoms with E-state index >= 15 is 0 Å². The van der Waals surface area contributed by atoms with Crippen LogP contribution in [0.1, 0.15) is 41.5 Å². The molecule has 0 rings (SSSR count). The predicted molar refractivity (Wildman–Crippen MR) is 48.8 cm³/mol. The maximum Gasteiger partial charge on any atom is 0.122 e. The van der Waals surface area contributed by atoms with Crippen molar-refractivity contribution in [1.82, 2.24) is 0 Å². The molecule has 11 heavy (non-hydrogen) atoms. The molecular weight excluding hydrogens is 138 g/mol. The minimum atomic E-state index is 0.120. The molecule has 66 valence electrons. The highest BCUT2D eigenvalue weighted by Crippen LogP contribution is 2.15. The average Bonchev–Trinajstić information content (AvgIpc) is 1.80. The van der Waals surface area contributed by atoms with Gasteiger partial charge in [0.25, 0.3) is 0 Å². The van der Waals surface area contributed by atoms with Gasteiger partial charge in [0.1, 0.15) is 6.10 Å². The van der Waals surface area contributed by atoms with E-state index in [0.29, 0.717) is 0 Å². The molecule has 0 aromatic heterocycles. The van der Waals surface area contributed by atoms with E-state index in [0.717, 1.165) is 5.71 Å². The van der Waals surface area contributed by atoms with Crippen molar-refractivity contribution in [3.63, 3.8) is 0 Å². The van der Waals surface area contributed by atoms with Crippen molar-refractivity contribution < 1.29 is 4.84 Å². The molecule has 0 saturated carbocycles. The Morgan fingerprint density at radius 3 is 2.00 bits per heavy atom. The summed E-state index contributed by atoms with van der Waals surface area (Å²) >= 11 is 0. The van der Waals surface area contributed by atoms with E-state index in [1.165, 1.54) is 0 Å². The molecule has 0 aliphatic carbocycles. The van der Waals surface area contributed by atoms with Crippen molar-refractivity contribution in [2.45, 2.75) is 47.6 Å². The number of oxime groups is 1. The Kier molecular flexibility index (Phi) is 3.56. The Labute approximate surface area is 69.6 Å². The van der Waals surface area contributed by atoms with Gasteiger partial charge in [-0.1, -0.05) is 25.9 Å². The molecule has 0 N–H and O–H groups in total. The highest BCUT2D eigenvalue weighted by molar-refractivity contribution is 5.86. The van der Waals surface area contributed by atoms with Crippen molar-refractivity contribution in [2.24, 2.45) is 10.6 Å². The third-order valence-corrected chi connectivity index (χ3v) is 1.49. The fraction of sp³-hybridized carbons (Fsp3) is 0.889. The predicted octanol–water partition coefficient (Wildman–Crippen LogP) is 2.83. The van der Waals surface area contributed by atoms with E-state index in [1.54, 1.807) is 0 Å². The average molecular weight is 157 g/mol. The second-order valence-corrected chi connectivity index (χ2v) is 4.08. The van der Waals surface area contributed by atoms with Crippen LogP contribution in [0.4, 0.5) is 0 Å². The van der Waals surface area contributed by atoms with E-state index in [-0.39, 0.29) is 11.5 Å². The van der Waals surface area contributed by atoms with Crippen LogP contribution in [0.15, 0.2) is 5.16 Å². The summed E-state index contributed by atoms with van der Waals surface area (Å²) in [7, 11) is 0. The minimum absolute atomic E-state index is 0.120. The zero-order valence-electron chi connectivity index (χ0n) is 8.43. The molecule has 0 heterocycles. The van der Waals surface area contributed by atoms with Gasteiger partial charge in [0, 0.05) is 5.41 Å². The van der Waals surface area contributed by atoms with Crippen LogP contribution in [-0.4, -0.2) is 11.8 Å². The summed E-state index contributed by atoms with van der Waals surface area (Å²) in [4.78, 5) is 5.12. The fourth-order valence-corrected chi connectivity index (χ4v) is 0.321. The molecule has 2 nitrogen and oxygen atoms in total. The molecular formula is C9H19NO. The molecule has 0 unspecified atom stereocenters. The smallest absolute Gasteiger partial charge is 0.122 e. The van der Waals surface area contributed by atoms with E-state index in [4.69, 9.17) is 4.84 Å². The quantitative estimate of drug-likeness (QED) is 0.446. The van der Waals surface area contributed by atoms with Crippen LogP contribution in [0.5, 0.6) is 0 Å². The van der Waals surface area contributed by atoms with Crippen LogP contribution >= 0.6 is 0 Å². The first-order valence-electron chi connectivity index (χ1n) is 4.05. The van der Waals surface area contributed by atoms with E-state index in [2.05, 4.69) is 25.9 Å². The van der Waals surface area contributed by atoms with Crippen LogP contribution in [0.2, 0.25) is 0 Å². The first-order valence-corrected chi connectivity index (χ1v) is 4.05. The molecule has 0 amide bonds. The maximum absolute atomic E-state index is 5.12. The molecule has 0 aliphatic rings. The van der Waals surface area contributed by atoms with Gasteiger partial charge in [0.15, 0.2) is 0 Å². The van der Waals surface area contributed by atoms with Gasteiger partial charge >= 0.3 is 0 Å². The molecule has 0 aromatic carbocycles. The third-order valence-electron chi connectivity index (χ3n) is 1.49. The van der Waals surface area contributed by atoms with Crippen LogP contribution in [0.3, 0.4) is 0 Å². The molecule has 0 atom stereocenters. The van der Waals surface area contributed by atoms with Crippen molar-refractivity contribution in [2.75, 3.05) is 0 Å². The monoisotopic (exact) mass is 157 g/mol. The zero-order chi connectivity index (χ0) is 9.07. The molecule has 0 aliphatic heterocycles. The van der Waals surface area contributed by atoms with Gasteiger partial charge in [-0.25, -0.2) is 0 Å². The van der Waals surface area contributed by atoms with Gasteiger partial charge in [-0.15, -0.1) is 0 Å². The first kappa shape index (κ1) is 10.5. The van der Waals surface area contributed by atoms with Gasteiger partial charge < -0.3 is 4.84 Å². The van der Waals surface area contributed by atoms with Crippen LogP contribution in [0.25, 0.3) is 0 Å². The summed E-state index contributed by atoms with van der Waals surface area (Å²) in [6.45, 7) is 12.3. The minimum Gasteiger partial charge on any atom is -0.393 e. The molecule has 0 aromatic rings. The zero-order valence-corrected chi connectivity index (χ0v) is 8.43. The second kappa shape index (κ2) is 3.74. The maximum atomic E-state index is 5.12. The molecule has 0 bridgehead atoms. The number of nitrogens with zero attached hydrogens (tertiary/aromatic N) is 1. The Bertz CT molecular complexity index is 142. The summed E-state index contributed by atoms with van der Waals surface area (Å²) in [5, 5.41) is 4.01. The molecule has 0 spiro atoms. The number of hydrogen-bond donors (Lipinski definition) is 0. The summed E-state index contributed by atoms with van der Waals surface area (Å²) < 4.78 is 0. The van der Waals surface area contributed by atoms with Crippen molar-refractivity contribution in [3.05, 3.63) is 0 Å². The van der Waals surface area contributed by atoms with E-state index in [9.17, 15) is 0 Å². The van der Waals surface area contributed by atoms with E-state index < -0.39 is 0 Å². The second-order valence-electron chi connectivity index (χ2n) is 4.08. The van der Waals surface area contributed by atoms with Gasteiger partial charge in [0.2, 0.25) is 0 Å². The lowest BCUT2D eigenvalue weighted by Crippen LogP contribution is -2.17. The normalized spacial score (nSPS) is 13.9. The van der Waals surface area contributed by atoms with Crippen molar-refractivity contribution >= 4 is 5.71 Å². The summed E-state index contributed by atoms with van der Waals surface area (Å²) in [5.41, 5.74) is 1.15. The third kappa shape index (κ3) is 4.82. The molecule has 0 radical (unpaired) electrons. The Balaban J connectivity index is 4.02. The molecule has 0 fully saturated rings. The molecule has 2 heteroatoms. The Hall–Kier alpha value is -0.530. The Morgan fingerprint density at radius 2 is 1.73 bits per heavy atom. The lowest BCUT2D eigenvalue weighted by molar-refractivity contribution is 0.0837. The van der Waals surface area contributed by atoms with Gasteiger partial charge in [0.05, 0.1) is 5.71 Å². The van der Waals surface area contributed by atoms with Gasteiger partial charge in [-0.2, -0.15) is 0 Å². The summed E-state index contributed by atoms with van der Waals surface area (Å²) in [5.74, 6) is 0. The van der Waals surface area contributed by atoms with Crippen LogP contribution < -0.4 is 0 Å². The highest BCUT2D eigenvalue weighted by Gasteiger charge is 2.14. The lowest BCUT2D eigenvalue weighted by Gasteiger charge is -2.17. The van der Waals surface area contributed by atoms with Crippen LogP contribution in [0, 0.1) is 5.41 Å². The van der Waals surface area contributed by atoms with Crippen molar-refractivity contribution in [1.29, 1.82) is 0 Å². The van der Waals surface area contributed by atoms with Gasteiger partial charge in [-0.3, -0.25) is 0 Å².